The molecule has 0 aromatic heterocycles. The van der Waals surface area contributed by atoms with Crippen LogP contribution in [0, 0.1) is 22.7 Å². The molecule has 0 N–H and O–H groups in total. The summed E-state index contributed by atoms with van der Waals surface area (Å²) < 4.78 is 45.4. The summed E-state index contributed by atoms with van der Waals surface area (Å²) in [5, 5.41) is 0. The van der Waals surface area contributed by atoms with Crippen LogP contribution in [0.15, 0.2) is 60.7 Å². The standard InChI is InChI=1S/C20H26FNO4.C20H26FNO3/c1-19(2,3)26-17(23)20-10-9-16(21)15(20)11-22(13-20)18(24)25-12-14-7-5-4-6-8-14;1-13(14-8-6-5-7-9-14)22-12-20(18(24)25-19(2,3)4)11-10-15(21)16(20)17(22)23/h4-8,15-16H,9-13H2,1-3H3;5-9,13,15-16H,10-12H2,1-4H3/t15-,16+,20+;13-,15-,16-,20-/m01/s1. The first-order chi connectivity index (χ1) is 23.9. The molecular weight excluding hydrogens is 658 g/mol. The normalized spacial score (nSPS) is 29.1. The van der Waals surface area contributed by atoms with Gasteiger partial charge in [0.05, 0.1) is 17.4 Å². The van der Waals surface area contributed by atoms with Gasteiger partial charge in [0.2, 0.25) is 5.91 Å². The molecule has 2 aromatic carbocycles. The van der Waals surface area contributed by atoms with E-state index in [9.17, 15) is 28.0 Å². The number of amides is 2. The molecule has 0 unspecified atom stereocenters. The molecule has 2 saturated carbocycles. The van der Waals surface area contributed by atoms with Crippen molar-refractivity contribution in [1.29, 1.82) is 0 Å². The van der Waals surface area contributed by atoms with Crippen LogP contribution in [0.4, 0.5) is 13.6 Å². The van der Waals surface area contributed by atoms with Crippen LogP contribution in [0.1, 0.15) is 91.3 Å². The van der Waals surface area contributed by atoms with Gasteiger partial charge in [0.1, 0.15) is 35.6 Å². The van der Waals surface area contributed by atoms with Gasteiger partial charge in [0, 0.05) is 25.6 Å². The summed E-state index contributed by atoms with van der Waals surface area (Å²) >= 11 is 0. The quantitative estimate of drug-likeness (QED) is 0.228. The van der Waals surface area contributed by atoms with E-state index in [2.05, 4.69) is 0 Å². The summed E-state index contributed by atoms with van der Waals surface area (Å²) in [5.74, 6) is -2.57. The summed E-state index contributed by atoms with van der Waals surface area (Å²) in [7, 11) is 0. The van der Waals surface area contributed by atoms with E-state index in [0.717, 1.165) is 11.1 Å². The Bertz CT molecular complexity index is 1580. The van der Waals surface area contributed by atoms with Crippen molar-refractivity contribution < 1.29 is 42.2 Å². The van der Waals surface area contributed by atoms with Gasteiger partial charge in [-0.2, -0.15) is 0 Å². The zero-order chi connectivity index (χ0) is 37.4. The number of fused-ring (bicyclic) bond motifs is 2. The number of rotatable bonds is 6. The maximum absolute atomic E-state index is 14.6. The van der Waals surface area contributed by atoms with Crippen LogP contribution in [0.25, 0.3) is 0 Å². The fraction of sp³-hybridized carbons (Fsp3) is 0.600. The molecule has 7 atom stereocenters. The van der Waals surface area contributed by atoms with Crippen molar-refractivity contribution in [2.24, 2.45) is 22.7 Å². The number of halogens is 2. The van der Waals surface area contributed by atoms with Crippen molar-refractivity contribution in [3.05, 3.63) is 71.8 Å². The third-order valence-electron chi connectivity index (χ3n) is 10.6. The number of alkyl halides is 2. The predicted molar refractivity (Wildman–Crippen MR) is 187 cm³/mol. The van der Waals surface area contributed by atoms with E-state index in [1.165, 1.54) is 4.90 Å². The number of carbonyl (C=O) groups excluding carboxylic acids is 4. The highest BCUT2D eigenvalue weighted by Crippen LogP contribution is 2.54. The Hall–Kier alpha value is -4.02. The molecule has 2 aliphatic heterocycles. The number of likely N-dealkylation sites (tertiary alicyclic amines) is 2. The van der Waals surface area contributed by atoms with E-state index in [1.807, 2.05) is 67.6 Å². The first-order valence-electron chi connectivity index (χ1n) is 17.9. The van der Waals surface area contributed by atoms with Gasteiger partial charge in [-0.25, -0.2) is 13.6 Å². The summed E-state index contributed by atoms with van der Waals surface area (Å²) in [6.45, 7) is 13.4. The molecule has 2 heterocycles. The Kier molecular flexibility index (Phi) is 10.9. The first-order valence-corrected chi connectivity index (χ1v) is 17.9. The van der Waals surface area contributed by atoms with Gasteiger partial charge in [-0.1, -0.05) is 60.7 Å². The minimum absolute atomic E-state index is 0.152. The average Bonchev–Trinajstić information content (AvgIpc) is 3.80. The van der Waals surface area contributed by atoms with E-state index in [0.29, 0.717) is 19.3 Å². The molecule has 2 aliphatic carbocycles. The summed E-state index contributed by atoms with van der Waals surface area (Å²) in [6.07, 6.45) is -1.57. The van der Waals surface area contributed by atoms with Crippen LogP contribution < -0.4 is 0 Å². The maximum atomic E-state index is 14.6. The van der Waals surface area contributed by atoms with E-state index in [4.69, 9.17) is 14.2 Å². The monoisotopic (exact) mass is 710 g/mol. The number of hydrogen-bond donors (Lipinski definition) is 0. The zero-order valence-corrected chi connectivity index (χ0v) is 30.8. The second-order valence-corrected chi connectivity index (χ2v) is 16.5. The molecule has 0 bridgehead atoms. The lowest BCUT2D eigenvalue weighted by atomic mass is 9.80. The third kappa shape index (κ3) is 8.07. The van der Waals surface area contributed by atoms with E-state index >= 15 is 0 Å². The number of ether oxygens (including phenoxy) is 3. The van der Waals surface area contributed by atoms with Crippen molar-refractivity contribution in [3.63, 3.8) is 0 Å². The number of benzene rings is 2. The smallest absolute Gasteiger partial charge is 0.410 e. The van der Waals surface area contributed by atoms with Crippen molar-refractivity contribution in [3.8, 4) is 0 Å². The Morgan fingerprint density at radius 3 is 1.92 bits per heavy atom. The van der Waals surface area contributed by atoms with Crippen LogP contribution in [0.5, 0.6) is 0 Å². The molecule has 6 rings (SSSR count). The lowest BCUT2D eigenvalue weighted by molar-refractivity contribution is -0.170. The van der Waals surface area contributed by atoms with E-state index in [1.54, 1.807) is 46.4 Å². The molecule has 2 saturated heterocycles. The molecule has 0 spiro atoms. The Balaban J connectivity index is 0.000000198. The summed E-state index contributed by atoms with van der Waals surface area (Å²) in [4.78, 5) is 54.2. The second kappa shape index (κ2) is 14.5. The number of nitrogens with zero attached hydrogens (tertiary/aromatic N) is 2. The van der Waals surface area contributed by atoms with Gasteiger partial charge in [-0.3, -0.25) is 14.4 Å². The van der Waals surface area contributed by atoms with Crippen LogP contribution in [-0.4, -0.2) is 76.9 Å². The molecule has 11 heteroatoms. The van der Waals surface area contributed by atoms with Gasteiger partial charge in [0.15, 0.2) is 0 Å². The highest BCUT2D eigenvalue weighted by Gasteiger charge is 2.65. The largest absolute Gasteiger partial charge is 0.459 e. The molecule has 4 fully saturated rings. The first kappa shape index (κ1) is 38.2. The molecule has 2 aromatic rings. The highest BCUT2D eigenvalue weighted by atomic mass is 19.1. The Morgan fingerprint density at radius 1 is 0.804 bits per heavy atom. The fourth-order valence-electron chi connectivity index (χ4n) is 8.01. The Morgan fingerprint density at radius 2 is 1.33 bits per heavy atom. The summed E-state index contributed by atoms with van der Waals surface area (Å²) in [5.41, 5.74) is -1.47. The number of carbonyl (C=O) groups is 4. The lowest BCUT2D eigenvalue weighted by Crippen LogP contribution is -2.42. The van der Waals surface area contributed by atoms with Gasteiger partial charge in [0.25, 0.3) is 0 Å². The average molecular weight is 711 g/mol. The maximum Gasteiger partial charge on any atom is 0.410 e. The number of hydrogen-bond acceptors (Lipinski definition) is 7. The zero-order valence-electron chi connectivity index (χ0n) is 30.8. The molecule has 9 nitrogen and oxygen atoms in total. The molecule has 4 aliphatic rings. The lowest BCUT2D eigenvalue weighted by Gasteiger charge is -2.31. The predicted octanol–water partition coefficient (Wildman–Crippen LogP) is 7.38. The Labute approximate surface area is 300 Å². The fourth-order valence-corrected chi connectivity index (χ4v) is 8.01. The molecular formula is C40H52F2N2O7. The SMILES string of the molecule is CC(C)(C)OC(=O)[C@@]12CC[C@@H](F)[C@@H]1CN(C(=O)OCc1ccccc1)C2.C[C@H](c1ccccc1)N1C[C@]2(C(=O)OC(C)(C)C)CC[C@@H](F)[C@@H]2C1=O. The van der Waals surface area contributed by atoms with Crippen LogP contribution in [0.3, 0.4) is 0 Å². The van der Waals surface area contributed by atoms with Crippen LogP contribution >= 0.6 is 0 Å². The van der Waals surface area contributed by atoms with Crippen LogP contribution in [-0.2, 0) is 35.2 Å². The molecule has 51 heavy (non-hydrogen) atoms. The third-order valence-corrected chi connectivity index (χ3v) is 10.6. The van der Waals surface area contributed by atoms with Gasteiger partial charge in [-0.05, 0) is 85.3 Å². The van der Waals surface area contributed by atoms with E-state index in [-0.39, 0.29) is 44.6 Å². The van der Waals surface area contributed by atoms with Crippen LogP contribution in [0.2, 0.25) is 0 Å². The van der Waals surface area contributed by atoms with Crippen molar-refractivity contribution in [1.82, 2.24) is 9.80 Å². The molecule has 2 amide bonds. The summed E-state index contributed by atoms with van der Waals surface area (Å²) in [6, 6.07) is 18.8. The minimum Gasteiger partial charge on any atom is -0.459 e. The number of esters is 2. The topological polar surface area (TPSA) is 102 Å². The van der Waals surface area contributed by atoms with Gasteiger partial charge in [-0.15, -0.1) is 0 Å². The molecule has 0 radical (unpaired) electrons. The minimum atomic E-state index is -1.28. The van der Waals surface area contributed by atoms with Crippen molar-refractivity contribution >= 4 is 23.9 Å². The molecule has 278 valence electrons. The van der Waals surface area contributed by atoms with Crippen molar-refractivity contribution in [2.45, 2.75) is 110 Å². The van der Waals surface area contributed by atoms with Crippen molar-refractivity contribution in [2.75, 3.05) is 19.6 Å². The second-order valence-electron chi connectivity index (χ2n) is 16.5. The highest BCUT2D eigenvalue weighted by molar-refractivity contribution is 5.93. The van der Waals surface area contributed by atoms with Gasteiger partial charge < -0.3 is 24.0 Å². The van der Waals surface area contributed by atoms with E-state index < -0.39 is 64.2 Å². The van der Waals surface area contributed by atoms with Gasteiger partial charge >= 0.3 is 18.0 Å².